The van der Waals surface area contributed by atoms with Crippen LogP contribution in [-0.2, 0) is 13.1 Å². The summed E-state index contributed by atoms with van der Waals surface area (Å²) in [6.45, 7) is 9.36. The zero-order chi connectivity index (χ0) is 23.9. The Morgan fingerprint density at radius 2 is 1.97 bits per heavy atom. The summed E-state index contributed by atoms with van der Waals surface area (Å²) in [6.07, 6.45) is 0.788. The minimum absolute atomic E-state index is 0.0275. The average molecular weight is 459 g/mol. The van der Waals surface area contributed by atoms with Gasteiger partial charge in [0.05, 0.1) is 11.3 Å². The van der Waals surface area contributed by atoms with E-state index in [4.69, 9.17) is 4.52 Å². The van der Waals surface area contributed by atoms with Gasteiger partial charge in [0.15, 0.2) is 11.5 Å². The number of rotatable bonds is 4. The number of imidazole rings is 1. The van der Waals surface area contributed by atoms with Crippen molar-refractivity contribution in [2.75, 3.05) is 13.6 Å². The lowest BCUT2D eigenvalue weighted by Crippen LogP contribution is -2.37. The van der Waals surface area contributed by atoms with Gasteiger partial charge in [-0.2, -0.15) is 4.98 Å². The molecule has 3 aromatic rings. The fourth-order valence-corrected chi connectivity index (χ4v) is 4.06. The second-order valence-electron chi connectivity index (χ2n) is 9.55. The van der Waals surface area contributed by atoms with Gasteiger partial charge in [-0.25, -0.2) is 13.8 Å². The Hall–Kier alpha value is -3.14. The first-order valence-corrected chi connectivity index (χ1v) is 10.9. The van der Waals surface area contributed by atoms with Crippen molar-refractivity contribution in [3.05, 3.63) is 52.9 Å². The Labute approximate surface area is 191 Å². The number of amides is 1. The fraction of sp³-hybridized carbons (Fsp3) is 0.478. The lowest BCUT2D eigenvalue weighted by Gasteiger charge is -2.28. The molecule has 4 rings (SSSR count). The quantitative estimate of drug-likeness (QED) is 0.639. The predicted octanol–water partition coefficient (Wildman–Crippen LogP) is 3.87. The molecule has 176 valence electrons. The lowest BCUT2D eigenvalue weighted by atomic mass is 9.86. The first kappa shape index (κ1) is 23.0. The molecule has 0 radical (unpaired) electrons. The van der Waals surface area contributed by atoms with Crippen LogP contribution in [0.4, 0.5) is 8.78 Å². The number of hydrogen-bond donors (Lipinski definition) is 1. The van der Waals surface area contributed by atoms with Gasteiger partial charge >= 0.3 is 0 Å². The maximum absolute atomic E-state index is 14.6. The van der Waals surface area contributed by atoms with E-state index in [1.54, 1.807) is 6.92 Å². The summed E-state index contributed by atoms with van der Waals surface area (Å²) in [7, 11) is 1.95. The van der Waals surface area contributed by atoms with Crippen molar-refractivity contribution in [3.63, 3.8) is 0 Å². The van der Waals surface area contributed by atoms with Crippen LogP contribution in [0.3, 0.4) is 0 Å². The molecule has 3 heterocycles. The van der Waals surface area contributed by atoms with E-state index in [0.717, 1.165) is 31.2 Å². The number of carbonyl (C=O) groups excluding carboxylic acids is 1. The standard InChI is InChI=1S/C23H28F2N6O2/c1-13-26-22(33-29-13)19(23(2,3)4)28-21(32)18-17-12-30(5)9-6-10-31(17)20(27-18)15-11-14(24)7-8-16(15)25/h7-8,11,19H,6,9-10,12H2,1-5H3,(H,28,32)/t19-/m1/s1. The Bertz CT molecular complexity index is 1180. The molecule has 1 atom stereocenters. The van der Waals surface area contributed by atoms with E-state index in [1.165, 1.54) is 0 Å². The Morgan fingerprint density at radius 3 is 2.64 bits per heavy atom. The monoisotopic (exact) mass is 458 g/mol. The fourth-order valence-electron chi connectivity index (χ4n) is 4.06. The van der Waals surface area contributed by atoms with Crippen molar-refractivity contribution < 1.29 is 18.1 Å². The van der Waals surface area contributed by atoms with E-state index in [2.05, 4.69) is 25.3 Å². The largest absolute Gasteiger partial charge is 0.338 e. The van der Waals surface area contributed by atoms with Crippen LogP contribution in [0.15, 0.2) is 22.7 Å². The molecule has 0 fully saturated rings. The van der Waals surface area contributed by atoms with E-state index < -0.39 is 29.0 Å². The molecule has 33 heavy (non-hydrogen) atoms. The van der Waals surface area contributed by atoms with Crippen molar-refractivity contribution in [2.24, 2.45) is 5.41 Å². The van der Waals surface area contributed by atoms with E-state index in [-0.39, 0.29) is 17.1 Å². The van der Waals surface area contributed by atoms with Crippen LogP contribution in [0.25, 0.3) is 11.4 Å². The second-order valence-corrected chi connectivity index (χ2v) is 9.55. The third-order valence-electron chi connectivity index (χ3n) is 5.73. The van der Waals surface area contributed by atoms with Gasteiger partial charge in [0.2, 0.25) is 5.89 Å². The molecule has 1 aromatic carbocycles. The third-order valence-corrected chi connectivity index (χ3v) is 5.73. The van der Waals surface area contributed by atoms with Crippen LogP contribution in [-0.4, -0.2) is 44.1 Å². The molecule has 0 unspecified atom stereocenters. The lowest BCUT2D eigenvalue weighted by molar-refractivity contribution is 0.0874. The van der Waals surface area contributed by atoms with Gasteiger partial charge in [-0.05, 0) is 50.6 Å². The summed E-state index contributed by atoms with van der Waals surface area (Å²) in [4.78, 5) is 24.4. The number of fused-ring (bicyclic) bond motifs is 1. The van der Waals surface area contributed by atoms with Crippen LogP contribution >= 0.6 is 0 Å². The summed E-state index contributed by atoms with van der Waals surface area (Å²) in [5.74, 6) is -0.596. The van der Waals surface area contributed by atoms with Gasteiger partial charge in [-0.3, -0.25) is 4.79 Å². The first-order chi connectivity index (χ1) is 15.5. The van der Waals surface area contributed by atoms with Gasteiger partial charge in [-0.15, -0.1) is 0 Å². The minimum atomic E-state index is -0.595. The highest BCUT2D eigenvalue weighted by Gasteiger charge is 2.35. The zero-order valence-electron chi connectivity index (χ0n) is 19.4. The van der Waals surface area contributed by atoms with Gasteiger partial charge in [0.1, 0.15) is 23.5 Å². The van der Waals surface area contributed by atoms with E-state index >= 15 is 0 Å². The molecule has 0 saturated heterocycles. The van der Waals surface area contributed by atoms with Crippen LogP contribution < -0.4 is 5.32 Å². The molecule has 1 N–H and O–H groups in total. The van der Waals surface area contributed by atoms with Gasteiger partial charge in [-0.1, -0.05) is 25.9 Å². The first-order valence-electron chi connectivity index (χ1n) is 10.9. The summed E-state index contributed by atoms with van der Waals surface area (Å²) in [6, 6.07) is 2.68. The number of nitrogens with one attached hydrogen (secondary N) is 1. The van der Waals surface area contributed by atoms with Crippen molar-refractivity contribution >= 4 is 5.91 Å². The zero-order valence-corrected chi connectivity index (χ0v) is 19.4. The Kier molecular flexibility index (Phi) is 6.04. The summed E-state index contributed by atoms with van der Waals surface area (Å²) in [5, 5.41) is 6.83. The third kappa shape index (κ3) is 4.66. The summed E-state index contributed by atoms with van der Waals surface area (Å²) < 4.78 is 35.8. The SMILES string of the molecule is Cc1noc([C@@H](NC(=O)c2nc(-c3cc(F)ccc3F)n3c2CN(C)CCC3)C(C)(C)C)n1. The molecule has 1 aliphatic rings. The normalized spacial score (nSPS) is 15.7. The maximum atomic E-state index is 14.6. The second kappa shape index (κ2) is 8.66. The molecule has 10 heteroatoms. The number of carbonyl (C=O) groups is 1. The Morgan fingerprint density at radius 1 is 1.21 bits per heavy atom. The number of aromatic nitrogens is 4. The molecular weight excluding hydrogens is 430 g/mol. The van der Waals surface area contributed by atoms with Gasteiger partial charge in [0, 0.05) is 13.1 Å². The van der Waals surface area contributed by atoms with Crippen LogP contribution in [0, 0.1) is 24.0 Å². The molecule has 0 bridgehead atoms. The van der Waals surface area contributed by atoms with Crippen molar-refractivity contribution in [1.82, 2.24) is 29.9 Å². The average Bonchev–Trinajstić information content (AvgIpc) is 3.25. The van der Waals surface area contributed by atoms with Crippen LogP contribution in [0.1, 0.15) is 61.1 Å². The highest BCUT2D eigenvalue weighted by Crippen LogP contribution is 2.33. The molecule has 2 aromatic heterocycles. The number of benzene rings is 1. The molecule has 0 saturated carbocycles. The molecular formula is C23H28F2N6O2. The van der Waals surface area contributed by atoms with Crippen molar-refractivity contribution in [3.8, 4) is 11.4 Å². The predicted molar refractivity (Wildman–Crippen MR) is 117 cm³/mol. The van der Waals surface area contributed by atoms with Crippen LogP contribution in [0.5, 0.6) is 0 Å². The molecule has 1 aliphatic heterocycles. The topological polar surface area (TPSA) is 89.1 Å². The maximum Gasteiger partial charge on any atom is 0.272 e. The summed E-state index contributed by atoms with van der Waals surface area (Å²) >= 11 is 0. The number of aryl methyl sites for hydroxylation is 1. The highest BCUT2D eigenvalue weighted by molar-refractivity contribution is 5.94. The molecule has 0 spiro atoms. The summed E-state index contributed by atoms with van der Waals surface area (Å²) in [5.41, 5.74) is 0.424. The van der Waals surface area contributed by atoms with E-state index in [9.17, 15) is 13.6 Å². The van der Waals surface area contributed by atoms with Crippen LogP contribution in [0.2, 0.25) is 0 Å². The molecule has 1 amide bonds. The molecule has 0 aliphatic carbocycles. The molecule has 8 nitrogen and oxygen atoms in total. The number of hydrogen-bond acceptors (Lipinski definition) is 6. The van der Waals surface area contributed by atoms with E-state index in [1.807, 2.05) is 32.4 Å². The van der Waals surface area contributed by atoms with Gasteiger partial charge < -0.3 is 19.3 Å². The smallest absolute Gasteiger partial charge is 0.272 e. The van der Waals surface area contributed by atoms with Gasteiger partial charge in [0.25, 0.3) is 5.91 Å². The number of halogens is 2. The minimum Gasteiger partial charge on any atom is -0.338 e. The number of nitrogens with zero attached hydrogens (tertiary/aromatic N) is 5. The Balaban J connectivity index is 1.79. The highest BCUT2D eigenvalue weighted by atomic mass is 19.1. The van der Waals surface area contributed by atoms with E-state index in [0.29, 0.717) is 30.5 Å². The van der Waals surface area contributed by atoms with Crippen molar-refractivity contribution in [1.29, 1.82) is 0 Å². The van der Waals surface area contributed by atoms with Crippen molar-refractivity contribution in [2.45, 2.75) is 53.2 Å².